The second-order valence-electron chi connectivity index (χ2n) is 7.55. The minimum Gasteiger partial charge on any atom is -0.493 e. The number of nitrogens with zero attached hydrogens (tertiary/aromatic N) is 2. The molecular weight excluding hydrogens is 491 g/mol. The number of nitrogens with one attached hydrogen (secondary N) is 2. The molecule has 1 aromatic heterocycles. The van der Waals surface area contributed by atoms with E-state index in [1.54, 1.807) is 47.9 Å². The van der Waals surface area contributed by atoms with E-state index in [0.29, 0.717) is 39.7 Å². The predicted octanol–water partition coefficient (Wildman–Crippen LogP) is 4.68. The summed E-state index contributed by atoms with van der Waals surface area (Å²) in [6, 6.07) is 14.7. The minimum atomic E-state index is -0.512. The van der Waals surface area contributed by atoms with Crippen LogP contribution in [0.2, 0.25) is 5.02 Å². The van der Waals surface area contributed by atoms with Crippen LogP contribution in [0.1, 0.15) is 5.56 Å². The van der Waals surface area contributed by atoms with Crippen molar-refractivity contribution in [3.05, 3.63) is 77.3 Å². The third kappa shape index (κ3) is 6.09. The highest BCUT2D eigenvalue weighted by atomic mass is 35.5. The Balaban J connectivity index is 1.44. The first kappa shape index (κ1) is 25.0. The number of hydrogen-bond acceptors (Lipinski definition) is 8. The summed E-state index contributed by atoms with van der Waals surface area (Å²) in [7, 11) is 1.53. The summed E-state index contributed by atoms with van der Waals surface area (Å²) in [4.78, 5) is 19.8. The summed E-state index contributed by atoms with van der Waals surface area (Å²) in [5, 5.41) is 12.4. The van der Waals surface area contributed by atoms with Crippen LogP contribution in [0.15, 0.2) is 60.9 Å². The van der Waals surface area contributed by atoms with Crippen LogP contribution in [-0.2, 0) is 11.2 Å². The Morgan fingerprint density at radius 2 is 1.81 bits per heavy atom. The molecule has 0 saturated carbocycles. The zero-order valence-electron chi connectivity index (χ0n) is 19.1. The number of carbonyl (C=O) groups excluding carboxylic acids is 1. The number of anilines is 2. The zero-order chi connectivity index (χ0) is 25.5. The van der Waals surface area contributed by atoms with Crippen molar-refractivity contribution in [1.29, 1.82) is 0 Å². The van der Waals surface area contributed by atoms with Gasteiger partial charge in [-0.1, -0.05) is 23.7 Å². The van der Waals surface area contributed by atoms with Gasteiger partial charge < -0.3 is 19.5 Å². The van der Waals surface area contributed by atoms with Gasteiger partial charge in [-0.15, -0.1) is 0 Å². The summed E-state index contributed by atoms with van der Waals surface area (Å²) < 4.78 is 30.6. The van der Waals surface area contributed by atoms with Crippen LogP contribution in [0.5, 0.6) is 17.2 Å². The maximum atomic E-state index is 13.5. The van der Waals surface area contributed by atoms with Crippen molar-refractivity contribution in [3.63, 3.8) is 0 Å². The van der Waals surface area contributed by atoms with Crippen LogP contribution in [0, 0.1) is 5.82 Å². The molecular formula is C25H22ClFN4O5. The van der Waals surface area contributed by atoms with Crippen molar-refractivity contribution >= 4 is 39.9 Å². The van der Waals surface area contributed by atoms with E-state index in [0.717, 1.165) is 5.56 Å². The van der Waals surface area contributed by atoms with Crippen molar-refractivity contribution < 1.29 is 28.6 Å². The van der Waals surface area contributed by atoms with Crippen molar-refractivity contribution in [1.82, 2.24) is 15.4 Å². The lowest BCUT2D eigenvalue weighted by Crippen LogP contribution is -2.20. The Kier molecular flexibility index (Phi) is 7.99. The number of hydrogen-bond donors (Lipinski definition) is 3. The van der Waals surface area contributed by atoms with Gasteiger partial charge in [0.1, 0.15) is 36.9 Å². The SMILES string of the molecule is COc1cc2ncnc(Nc3ccc(F)c(Cl)c3)c2cc1OCCOc1ccc(CC(=O)NO)cc1. The molecule has 4 aromatic rings. The first-order chi connectivity index (χ1) is 17.5. The molecule has 1 amide bonds. The zero-order valence-corrected chi connectivity index (χ0v) is 19.9. The summed E-state index contributed by atoms with van der Waals surface area (Å²) in [6.07, 6.45) is 1.47. The number of rotatable bonds is 10. The molecule has 0 aliphatic heterocycles. The molecule has 0 aliphatic rings. The van der Waals surface area contributed by atoms with E-state index in [1.807, 2.05) is 0 Å². The monoisotopic (exact) mass is 512 g/mol. The van der Waals surface area contributed by atoms with Gasteiger partial charge in [0.05, 0.1) is 24.1 Å². The normalized spacial score (nSPS) is 10.7. The number of methoxy groups -OCH3 is 1. The standard InChI is InChI=1S/C25H22ClFN4O5/c1-34-22-13-21-18(25(29-14-28-21)30-16-4-7-20(27)19(26)11-16)12-23(22)36-9-8-35-17-5-2-15(3-6-17)10-24(32)31-33/h2-7,11-14,33H,8-10H2,1H3,(H,31,32)(H,28,29,30). The van der Waals surface area contributed by atoms with Crippen LogP contribution >= 0.6 is 11.6 Å². The van der Waals surface area contributed by atoms with Crippen molar-refractivity contribution in [2.45, 2.75) is 6.42 Å². The van der Waals surface area contributed by atoms with Crippen LogP contribution in [0.3, 0.4) is 0 Å². The molecule has 3 aromatic carbocycles. The fourth-order valence-electron chi connectivity index (χ4n) is 3.39. The van der Waals surface area contributed by atoms with E-state index >= 15 is 0 Å². The van der Waals surface area contributed by atoms with E-state index < -0.39 is 11.7 Å². The molecule has 186 valence electrons. The first-order valence-electron chi connectivity index (χ1n) is 10.8. The van der Waals surface area contributed by atoms with Gasteiger partial charge >= 0.3 is 0 Å². The number of carbonyl (C=O) groups is 1. The van der Waals surface area contributed by atoms with E-state index in [4.69, 9.17) is 31.0 Å². The number of halogens is 2. The highest BCUT2D eigenvalue weighted by Crippen LogP contribution is 2.35. The molecule has 1 heterocycles. The second kappa shape index (κ2) is 11.5. The molecule has 0 saturated heterocycles. The molecule has 0 bridgehead atoms. The molecule has 36 heavy (non-hydrogen) atoms. The van der Waals surface area contributed by atoms with E-state index in [9.17, 15) is 9.18 Å². The molecule has 0 spiro atoms. The topological polar surface area (TPSA) is 115 Å². The summed E-state index contributed by atoms with van der Waals surface area (Å²) in [5.74, 6) is 1.04. The number of fused-ring (bicyclic) bond motifs is 1. The van der Waals surface area contributed by atoms with E-state index in [1.165, 1.54) is 25.6 Å². The Morgan fingerprint density at radius 3 is 2.53 bits per heavy atom. The molecule has 11 heteroatoms. The molecule has 0 aliphatic carbocycles. The third-order valence-electron chi connectivity index (χ3n) is 5.13. The molecule has 3 N–H and O–H groups in total. The second-order valence-corrected chi connectivity index (χ2v) is 7.96. The van der Waals surface area contributed by atoms with Gasteiger partial charge in [0.15, 0.2) is 11.5 Å². The number of benzene rings is 3. The average Bonchev–Trinajstić information content (AvgIpc) is 2.89. The van der Waals surface area contributed by atoms with Crippen molar-refractivity contribution in [3.8, 4) is 17.2 Å². The minimum absolute atomic E-state index is 0.00523. The summed E-state index contributed by atoms with van der Waals surface area (Å²) in [6.45, 7) is 0.475. The fraction of sp³-hybridized carbons (Fsp3) is 0.160. The predicted molar refractivity (Wildman–Crippen MR) is 132 cm³/mol. The molecule has 0 atom stereocenters. The maximum absolute atomic E-state index is 13.5. The van der Waals surface area contributed by atoms with Crippen molar-refractivity contribution in [2.24, 2.45) is 0 Å². The Morgan fingerprint density at radius 1 is 1.03 bits per heavy atom. The molecule has 0 unspecified atom stereocenters. The molecule has 9 nitrogen and oxygen atoms in total. The number of hydroxylamine groups is 1. The summed E-state index contributed by atoms with van der Waals surface area (Å²) >= 11 is 5.89. The van der Waals surface area contributed by atoms with Gasteiger partial charge in [0.2, 0.25) is 5.91 Å². The molecule has 0 radical (unpaired) electrons. The van der Waals surface area contributed by atoms with Crippen LogP contribution in [0.25, 0.3) is 10.9 Å². The lowest BCUT2D eigenvalue weighted by Gasteiger charge is -2.14. The average molecular weight is 513 g/mol. The largest absolute Gasteiger partial charge is 0.493 e. The van der Waals surface area contributed by atoms with Gasteiger partial charge in [-0.3, -0.25) is 10.0 Å². The van der Waals surface area contributed by atoms with Crippen LogP contribution in [-0.4, -0.2) is 41.4 Å². The Labute approximate surface area is 210 Å². The Bertz CT molecular complexity index is 1370. The van der Waals surface area contributed by atoms with Gasteiger partial charge in [0, 0.05) is 17.1 Å². The van der Waals surface area contributed by atoms with Gasteiger partial charge in [-0.2, -0.15) is 0 Å². The first-order valence-corrected chi connectivity index (χ1v) is 11.2. The van der Waals surface area contributed by atoms with Crippen molar-refractivity contribution in [2.75, 3.05) is 25.6 Å². The van der Waals surface area contributed by atoms with Gasteiger partial charge in [-0.05, 0) is 42.0 Å². The van der Waals surface area contributed by atoms with Gasteiger partial charge in [-0.25, -0.2) is 19.8 Å². The fourth-order valence-corrected chi connectivity index (χ4v) is 3.57. The molecule has 4 rings (SSSR count). The lowest BCUT2D eigenvalue weighted by molar-refractivity contribution is -0.128. The Hall–Kier alpha value is -4.15. The number of ether oxygens (including phenoxy) is 3. The maximum Gasteiger partial charge on any atom is 0.247 e. The van der Waals surface area contributed by atoms with E-state index in [-0.39, 0.29) is 24.7 Å². The van der Waals surface area contributed by atoms with Crippen LogP contribution in [0.4, 0.5) is 15.9 Å². The lowest BCUT2D eigenvalue weighted by atomic mass is 10.1. The number of aromatic nitrogens is 2. The molecule has 0 fully saturated rings. The van der Waals surface area contributed by atoms with E-state index in [2.05, 4.69) is 15.3 Å². The quantitative estimate of drug-likeness (QED) is 0.159. The van der Waals surface area contributed by atoms with Gasteiger partial charge in [0.25, 0.3) is 0 Å². The van der Waals surface area contributed by atoms with Crippen LogP contribution < -0.4 is 25.0 Å². The number of amides is 1. The smallest absolute Gasteiger partial charge is 0.247 e. The third-order valence-corrected chi connectivity index (χ3v) is 5.42. The highest BCUT2D eigenvalue weighted by molar-refractivity contribution is 6.31. The summed E-state index contributed by atoms with van der Waals surface area (Å²) in [5.41, 5.74) is 3.52. The highest BCUT2D eigenvalue weighted by Gasteiger charge is 2.13.